The number of hydrogen-bond donors (Lipinski definition) is 1. The molecule has 0 bridgehead atoms. The molecule has 0 saturated heterocycles. The highest BCUT2D eigenvalue weighted by Gasteiger charge is 2.20. The van der Waals surface area contributed by atoms with Crippen LogP contribution in [0.5, 0.6) is 5.75 Å². The number of ether oxygens (including phenoxy) is 1. The van der Waals surface area contributed by atoms with Crippen molar-refractivity contribution in [1.29, 1.82) is 0 Å². The first-order valence-electron chi connectivity index (χ1n) is 6.05. The molecule has 1 aromatic carbocycles. The lowest BCUT2D eigenvalue weighted by molar-refractivity contribution is 0.0909. The first-order chi connectivity index (χ1) is 8.39. The molecule has 100 valence electrons. The van der Waals surface area contributed by atoms with Gasteiger partial charge in [0.1, 0.15) is 5.75 Å². The predicted molar refractivity (Wildman–Crippen MR) is 77.1 cm³/mol. The van der Waals surface area contributed by atoms with Gasteiger partial charge in [0.05, 0.1) is 11.6 Å². The number of benzene rings is 1. The molecule has 0 radical (unpaired) electrons. The van der Waals surface area contributed by atoms with E-state index in [9.17, 15) is 4.79 Å². The average Bonchev–Trinajstić information content (AvgIpc) is 2.28. The topological polar surface area (TPSA) is 38.3 Å². The normalized spacial score (nSPS) is 11.2. The van der Waals surface area contributed by atoms with Crippen molar-refractivity contribution >= 4 is 21.8 Å². The largest absolute Gasteiger partial charge is 0.496 e. The maximum Gasteiger partial charge on any atom is 0.251 e. The van der Waals surface area contributed by atoms with E-state index in [4.69, 9.17) is 4.74 Å². The molecule has 0 atom stereocenters. The second-order valence-electron chi connectivity index (χ2n) is 4.94. The summed E-state index contributed by atoms with van der Waals surface area (Å²) in [5.74, 6) is 0.663. The number of rotatable bonds is 5. The SMILES string of the molecule is CCCC(C)(C)NC(=O)c1ccc(OC)c(Br)c1. The molecule has 4 heteroatoms. The van der Waals surface area contributed by atoms with Crippen LogP contribution >= 0.6 is 15.9 Å². The van der Waals surface area contributed by atoms with E-state index in [0.717, 1.165) is 23.1 Å². The molecule has 0 aliphatic rings. The number of carbonyl (C=O) groups is 1. The second kappa shape index (κ2) is 6.23. The minimum absolute atomic E-state index is 0.0585. The van der Waals surface area contributed by atoms with Gasteiger partial charge in [-0.15, -0.1) is 0 Å². The summed E-state index contributed by atoms with van der Waals surface area (Å²) in [6, 6.07) is 5.32. The van der Waals surface area contributed by atoms with E-state index in [-0.39, 0.29) is 11.4 Å². The third kappa shape index (κ3) is 4.02. The van der Waals surface area contributed by atoms with Crippen molar-refractivity contribution in [1.82, 2.24) is 5.32 Å². The van der Waals surface area contributed by atoms with E-state index >= 15 is 0 Å². The summed E-state index contributed by atoms with van der Waals surface area (Å²) in [6.07, 6.45) is 2.00. The Hall–Kier alpha value is -1.03. The Labute approximate surface area is 117 Å². The van der Waals surface area contributed by atoms with E-state index in [2.05, 4.69) is 28.2 Å². The molecule has 1 aromatic rings. The van der Waals surface area contributed by atoms with E-state index in [0.29, 0.717) is 5.56 Å². The molecule has 0 fully saturated rings. The molecule has 0 spiro atoms. The van der Waals surface area contributed by atoms with Crippen LogP contribution in [0.15, 0.2) is 22.7 Å². The Morgan fingerprint density at radius 1 is 1.44 bits per heavy atom. The fraction of sp³-hybridized carbons (Fsp3) is 0.500. The summed E-state index contributed by atoms with van der Waals surface area (Å²) in [5.41, 5.74) is 0.449. The Morgan fingerprint density at radius 2 is 2.11 bits per heavy atom. The van der Waals surface area contributed by atoms with E-state index in [1.165, 1.54) is 0 Å². The van der Waals surface area contributed by atoms with Crippen LogP contribution in [0.4, 0.5) is 0 Å². The van der Waals surface area contributed by atoms with Gasteiger partial charge in [-0.05, 0) is 54.4 Å². The molecule has 18 heavy (non-hydrogen) atoms. The summed E-state index contributed by atoms with van der Waals surface area (Å²) in [6.45, 7) is 6.18. The zero-order chi connectivity index (χ0) is 13.8. The highest BCUT2D eigenvalue weighted by Crippen LogP contribution is 2.25. The summed E-state index contributed by atoms with van der Waals surface area (Å²) < 4.78 is 5.92. The van der Waals surface area contributed by atoms with Gasteiger partial charge in [-0.1, -0.05) is 13.3 Å². The standard InChI is InChI=1S/C14H20BrNO2/c1-5-8-14(2,3)16-13(17)10-6-7-12(18-4)11(15)9-10/h6-7,9H,5,8H2,1-4H3,(H,16,17). The van der Waals surface area contributed by atoms with Gasteiger partial charge in [-0.2, -0.15) is 0 Å². The van der Waals surface area contributed by atoms with E-state index < -0.39 is 0 Å². The molecule has 3 nitrogen and oxygen atoms in total. The Bertz CT molecular complexity index is 430. The summed E-state index contributed by atoms with van der Waals surface area (Å²) in [4.78, 5) is 12.1. The lowest BCUT2D eigenvalue weighted by atomic mass is 9.98. The molecule has 1 rings (SSSR count). The van der Waals surface area contributed by atoms with Gasteiger partial charge in [-0.3, -0.25) is 4.79 Å². The van der Waals surface area contributed by atoms with Crippen molar-refractivity contribution in [2.24, 2.45) is 0 Å². The molecule has 1 N–H and O–H groups in total. The number of methoxy groups -OCH3 is 1. The summed E-state index contributed by atoms with van der Waals surface area (Å²) in [5, 5.41) is 3.04. The van der Waals surface area contributed by atoms with Crippen molar-refractivity contribution in [3.63, 3.8) is 0 Å². The maximum absolute atomic E-state index is 12.1. The lowest BCUT2D eigenvalue weighted by Gasteiger charge is -2.25. The minimum atomic E-state index is -0.182. The highest BCUT2D eigenvalue weighted by atomic mass is 79.9. The van der Waals surface area contributed by atoms with Gasteiger partial charge < -0.3 is 10.1 Å². The smallest absolute Gasteiger partial charge is 0.251 e. The molecule has 0 heterocycles. The highest BCUT2D eigenvalue weighted by molar-refractivity contribution is 9.10. The Balaban J connectivity index is 2.82. The number of carbonyl (C=O) groups excluding carboxylic acids is 1. The molecule has 0 aliphatic heterocycles. The fourth-order valence-corrected chi connectivity index (χ4v) is 2.42. The fourth-order valence-electron chi connectivity index (χ4n) is 1.87. The van der Waals surface area contributed by atoms with Crippen LogP contribution in [0.25, 0.3) is 0 Å². The average molecular weight is 314 g/mol. The number of amides is 1. The predicted octanol–water partition coefficient (Wildman–Crippen LogP) is 3.77. The number of halogens is 1. The monoisotopic (exact) mass is 313 g/mol. The van der Waals surface area contributed by atoms with Gasteiger partial charge in [0.15, 0.2) is 0 Å². The van der Waals surface area contributed by atoms with Gasteiger partial charge in [0.25, 0.3) is 5.91 Å². The quantitative estimate of drug-likeness (QED) is 0.898. The van der Waals surface area contributed by atoms with Crippen LogP contribution in [-0.2, 0) is 0 Å². The van der Waals surface area contributed by atoms with Crippen molar-refractivity contribution in [3.8, 4) is 5.75 Å². The van der Waals surface area contributed by atoms with Gasteiger partial charge >= 0.3 is 0 Å². The molecule has 0 unspecified atom stereocenters. The van der Waals surface area contributed by atoms with E-state index in [1.807, 2.05) is 13.8 Å². The first kappa shape index (κ1) is 15.0. The molecular formula is C14H20BrNO2. The van der Waals surface area contributed by atoms with Gasteiger partial charge in [0, 0.05) is 11.1 Å². The van der Waals surface area contributed by atoms with E-state index in [1.54, 1.807) is 25.3 Å². The summed E-state index contributed by atoms with van der Waals surface area (Å²) >= 11 is 3.38. The van der Waals surface area contributed by atoms with Crippen molar-refractivity contribution < 1.29 is 9.53 Å². The zero-order valence-corrected chi connectivity index (χ0v) is 12.9. The molecule has 1 amide bonds. The number of hydrogen-bond acceptors (Lipinski definition) is 2. The Morgan fingerprint density at radius 3 is 2.61 bits per heavy atom. The van der Waals surface area contributed by atoms with Crippen molar-refractivity contribution in [2.45, 2.75) is 39.2 Å². The van der Waals surface area contributed by atoms with Crippen LogP contribution in [0, 0.1) is 0 Å². The molecule has 0 aromatic heterocycles. The van der Waals surface area contributed by atoms with Crippen LogP contribution in [0.3, 0.4) is 0 Å². The van der Waals surface area contributed by atoms with Crippen molar-refractivity contribution in [3.05, 3.63) is 28.2 Å². The second-order valence-corrected chi connectivity index (χ2v) is 5.79. The third-order valence-electron chi connectivity index (χ3n) is 2.74. The van der Waals surface area contributed by atoms with Crippen molar-refractivity contribution in [2.75, 3.05) is 7.11 Å². The number of nitrogens with one attached hydrogen (secondary N) is 1. The maximum atomic E-state index is 12.1. The summed E-state index contributed by atoms with van der Waals surface area (Å²) in [7, 11) is 1.60. The van der Waals surface area contributed by atoms with Gasteiger partial charge in [-0.25, -0.2) is 0 Å². The van der Waals surface area contributed by atoms with Gasteiger partial charge in [0.2, 0.25) is 0 Å². The van der Waals surface area contributed by atoms with Crippen LogP contribution in [-0.4, -0.2) is 18.6 Å². The Kier molecular flexibility index (Phi) is 5.20. The minimum Gasteiger partial charge on any atom is -0.496 e. The molecule has 0 saturated carbocycles. The van der Waals surface area contributed by atoms with Crippen LogP contribution < -0.4 is 10.1 Å². The zero-order valence-electron chi connectivity index (χ0n) is 11.3. The van der Waals surface area contributed by atoms with Crippen LogP contribution in [0.1, 0.15) is 44.0 Å². The van der Waals surface area contributed by atoms with Crippen LogP contribution in [0.2, 0.25) is 0 Å². The lowest BCUT2D eigenvalue weighted by Crippen LogP contribution is -2.43. The molecular weight excluding hydrogens is 294 g/mol. The third-order valence-corrected chi connectivity index (χ3v) is 3.36. The molecule has 0 aliphatic carbocycles. The first-order valence-corrected chi connectivity index (χ1v) is 6.85.